The van der Waals surface area contributed by atoms with Crippen LogP contribution < -0.4 is 21.0 Å². The number of hydrogen-bond acceptors (Lipinski definition) is 9. The molecule has 5 aromatic rings. The molecule has 0 radical (unpaired) electrons. The zero-order chi connectivity index (χ0) is 24.5. The second-order valence-corrected chi connectivity index (χ2v) is 8.08. The summed E-state index contributed by atoms with van der Waals surface area (Å²) >= 11 is 1.13. The van der Waals surface area contributed by atoms with Crippen molar-refractivity contribution >= 4 is 28.7 Å². The topological polar surface area (TPSA) is 165 Å². The van der Waals surface area contributed by atoms with Gasteiger partial charge in [-0.15, -0.1) is 21.6 Å². The summed E-state index contributed by atoms with van der Waals surface area (Å²) in [6, 6.07) is 15.0. The number of nitrogens with one attached hydrogen (secondary N) is 2. The van der Waals surface area contributed by atoms with Gasteiger partial charge in [-0.2, -0.15) is 4.68 Å². The maximum Gasteiger partial charge on any atom is 0.437 e. The minimum absolute atomic E-state index is 0.0181. The third-order valence-corrected chi connectivity index (χ3v) is 5.83. The summed E-state index contributed by atoms with van der Waals surface area (Å²) < 4.78 is 7.59. The number of nitrogens with zero attached hydrogens (tertiary/aromatic N) is 5. The summed E-state index contributed by atoms with van der Waals surface area (Å²) in [7, 11) is 0. The zero-order valence-electron chi connectivity index (χ0n) is 18.0. The Hall–Kier alpha value is -4.91. The predicted molar refractivity (Wildman–Crippen MR) is 122 cm³/mol. The van der Waals surface area contributed by atoms with Crippen molar-refractivity contribution in [1.82, 2.24) is 20.0 Å². The highest BCUT2D eigenvalue weighted by molar-refractivity contribution is 7.12. The second-order valence-electron chi connectivity index (χ2n) is 7.25. The molecule has 0 spiro atoms. The Balaban J connectivity index is 1.51. The molecule has 0 unspecified atom stereocenters. The van der Waals surface area contributed by atoms with Crippen LogP contribution in [0.25, 0.3) is 22.2 Å². The number of aromatic nitrogens is 5. The fourth-order valence-corrected chi connectivity index (χ4v) is 4.12. The van der Waals surface area contributed by atoms with Crippen LogP contribution in [0.1, 0.15) is 16.1 Å². The first-order valence-corrected chi connectivity index (χ1v) is 11.0. The Morgan fingerprint density at radius 1 is 1.11 bits per heavy atom. The summed E-state index contributed by atoms with van der Waals surface area (Å²) in [5, 5.41) is 26.5. The summed E-state index contributed by atoms with van der Waals surface area (Å²) in [5.74, 6) is -1.40. The number of carboxylic acids is 1. The number of carboxylic acid groups (broad SMARTS) is 1. The predicted octanol–water partition coefficient (Wildman–Crippen LogP) is 1.93. The van der Waals surface area contributed by atoms with E-state index in [4.69, 9.17) is 4.52 Å². The van der Waals surface area contributed by atoms with Gasteiger partial charge in [0.05, 0.1) is 17.4 Å². The van der Waals surface area contributed by atoms with E-state index >= 15 is 0 Å². The van der Waals surface area contributed by atoms with Crippen molar-refractivity contribution in [2.75, 3.05) is 0 Å². The van der Waals surface area contributed by atoms with Crippen molar-refractivity contribution < 1.29 is 19.1 Å². The lowest BCUT2D eigenvalue weighted by Crippen LogP contribution is -2.36. The zero-order valence-corrected chi connectivity index (χ0v) is 18.8. The van der Waals surface area contributed by atoms with E-state index in [0.29, 0.717) is 17.1 Å². The van der Waals surface area contributed by atoms with Crippen molar-refractivity contribution in [3.05, 3.63) is 92.0 Å². The van der Waals surface area contributed by atoms with Crippen molar-refractivity contribution in [2.24, 2.45) is 10.2 Å². The maximum atomic E-state index is 13.0. The third kappa shape index (κ3) is 4.00. The monoisotopic (exact) mass is 489 g/mol. The Bertz CT molecular complexity index is 1690. The van der Waals surface area contributed by atoms with Gasteiger partial charge in [-0.3, -0.25) is 14.4 Å². The van der Waals surface area contributed by atoms with E-state index in [0.717, 1.165) is 11.3 Å². The first-order chi connectivity index (χ1) is 16.9. The highest BCUT2D eigenvalue weighted by atomic mass is 32.1. The molecule has 3 heterocycles. The molecule has 0 fully saturated rings. The molecule has 0 saturated heterocycles. The molecule has 35 heavy (non-hydrogen) atoms. The lowest BCUT2D eigenvalue weighted by Gasteiger charge is -2.04. The van der Waals surface area contributed by atoms with Gasteiger partial charge < -0.3 is 9.90 Å². The van der Waals surface area contributed by atoms with Crippen LogP contribution in [0.5, 0.6) is 0 Å². The van der Waals surface area contributed by atoms with Gasteiger partial charge in [-0.05, 0) is 22.9 Å². The second kappa shape index (κ2) is 8.79. The SMILES string of the molecule is Cc1[nH]n(-c2nc(-c3c(=O)o[nH][n+]3-c3ccccc3)cs2)c(=O)c1N=Nc1ccccc1C(=O)[O-]. The highest BCUT2D eigenvalue weighted by Gasteiger charge is 2.28. The van der Waals surface area contributed by atoms with Crippen LogP contribution in [0.15, 0.2) is 84.3 Å². The highest BCUT2D eigenvalue weighted by Crippen LogP contribution is 2.24. The molecule has 3 aromatic heterocycles. The van der Waals surface area contributed by atoms with E-state index in [-0.39, 0.29) is 27.8 Å². The van der Waals surface area contributed by atoms with Gasteiger partial charge in [0.15, 0.2) is 11.4 Å². The number of benzene rings is 2. The summed E-state index contributed by atoms with van der Waals surface area (Å²) in [6.07, 6.45) is 0. The summed E-state index contributed by atoms with van der Waals surface area (Å²) in [4.78, 5) is 41.1. The number of azo groups is 1. The average Bonchev–Trinajstić information content (AvgIpc) is 3.56. The number of aromatic amines is 2. The van der Waals surface area contributed by atoms with Crippen LogP contribution in [-0.2, 0) is 0 Å². The molecule has 0 bridgehead atoms. The van der Waals surface area contributed by atoms with Crippen LogP contribution in [0.4, 0.5) is 11.4 Å². The van der Waals surface area contributed by atoms with Crippen molar-refractivity contribution in [2.45, 2.75) is 6.92 Å². The lowest BCUT2D eigenvalue weighted by molar-refractivity contribution is -0.660. The van der Waals surface area contributed by atoms with E-state index in [1.54, 1.807) is 30.5 Å². The van der Waals surface area contributed by atoms with Crippen LogP contribution >= 0.6 is 11.3 Å². The van der Waals surface area contributed by atoms with Gasteiger partial charge >= 0.3 is 16.9 Å². The minimum Gasteiger partial charge on any atom is -0.545 e. The van der Waals surface area contributed by atoms with Gasteiger partial charge in [-0.1, -0.05) is 36.4 Å². The fraction of sp³-hybridized carbons (Fsp3) is 0.0455. The van der Waals surface area contributed by atoms with Gasteiger partial charge in [0, 0.05) is 23.1 Å². The number of aromatic carboxylic acids is 1. The number of carbonyl (C=O) groups excluding carboxylic acids is 1. The molecule has 0 amide bonds. The standard InChI is InChI=1S/C22H15N7O5S/c1-12-17(25-24-15-10-6-5-9-14(15)20(31)32)19(30)29(26-12)22-23-16(11-35-22)18-21(33)34-27-28(18)13-7-3-2-4-8-13/h2-11H,1H3,(H2-,24,26,27,30,31,32,33). The fourth-order valence-electron chi connectivity index (χ4n) is 3.35. The molecule has 13 heteroatoms. The molecule has 0 atom stereocenters. The third-order valence-electron chi connectivity index (χ3n) is 5.01. The average molecular weight is 489 g/mol. The first kappa shape index (κ1) is 21.9. The quantitative estimate of drug-likeness (QED) is 0.273. The molecule has 0 aliphatic carbocycles. The lowest BCUT2D eigenvalue weighted by atomic mass is 10.2. The first-order valence-electron chi connectivity index (χ1n) is 10.1. The number of carbonyl (C=O) groups is 1. The van der Waals surface area contributed by atoms with Gasteiger partial charge in [0.2, 0.25) is 10.8 Å². The van der Waals surface area contributed by atoms with Crippen LogP contribution in [0.2, 0.25) is 0 Å². The molecule has 0 aliphatic rings. The number of hydrogen-bond donors (Lipinski definition) is 2. The Morgan fingerprint density at radius 2 is 1.86 bits per heavy atom. The van der Waals surface area contributed by atoms with Crippen molar-refractivity contribution in [3.8, 4) is 22.2 Å². The van der Waals surface area contributed by atoms with Crippen molar-refractivity contribution in [1.29, 1.82) is 0 Å². The molecule has 2 N–H and O–H groups in total. The largest absolute Gasteiger partial charge is 0.545 e. The Labute approximate surface area is 199 Å². The van der Waals surface area contributed by atoms with Crippen LogP contribution in [0.3, 0.4) is 0 Å². The smallest absolute Gasteiger partial charge is 0.437 e. The van der Waals surface area contributed by atoms with Crippen LogP contribution in [0, 0.1) is 6.92 Å². The Morgan fingerprint density at radius 3 is 2.63 bits per heavy atom. The molecule has 2 aromatic carbocycles. The number of para-hydroxylation sites is 1. The van der Waals surface area contributed by atoms with Gasteiger partial charge in [0.25, 0.3) is 0 Å². The minimum atomic E-state index is -1.40. The van der Waals surface area contributed by atoms with Crippen molar-refractivity contribution in [3.63, 3.8) is 0 Å². The van der Waals surface area contributed by atoms with E-state index < -0.39 is 17.2 Å². The molecule has 0 aliphatic heterocycles. The number of H-pyrrole nitrogens is 2. The summed E-state index contributed by atoms with van der Waals surface area (Å²) in [6.45, 7) is 1.62. The Kier molecular flexibility index (Phi) is 5.51. The van der Waals surface area contributed by atoms with Gasteiger partial charge in [-0.25, -0.2) is 9.78 Å². The van der Waals surface area contributed by atoms with Crippen LogP contribution in [-0.4, -0.2) is 26.0 Å². The van der Waals surface area contributed by atoms with E-state index in [2.05, 4.69) is 25.6 Å². The maximum absolute atomic E-state index is 13.0. The van der Waals surface area contributed by atoms with E-state index in [1.807, 2.05) is 18.2 Å². The normalized spacial score (nSPS) is 11.3. The van der Waals surface area contributed by atoms with Gasteiger partial charge in [0.1, 0.15) is 0 Å². The summed E-state index contributed by atoms with van der Waals surface area (Å²) in [5.41, 5.74) is 0.235. The molecular formula is C22H15N7O5S. The van der Waals surface area contributed by atoms with E-state index in [9.17, 15) is 19.5 Å². The molecular weight excluding hydrogens is 474 g/mol. The molecule has 5 rings (SSSR count). The molecule has 174 valence electrons. The number of rotatable bonds is 6. The number of thiazole rings is 1. The van der Waals surface area contributed by atoms with E-state index in [1.165, 1.54) is 27.6 Å². The molecule has 0 saturated carbocycles. The number of aryl methyl sites for hydroxylation is 1. The molecule has 12 nitrogen and oxygen atoms in total.